The van der Waals surface area contributed by atoms with Crippen LogP contribution in [0, 0.1) is 5.92 Å². The number of hydrogen-bond acceptors (Lipinski definition) is 3. The molecule has 1 unspecified atom stereocenters. The molecule has 3 heteroatoms. The number of rotatable bonds is 6. The molecule has 0 aliphatic heterocycles. The molecule has 0 spiro atoms. The summed E-state index contributed by atoms with van der Waals surface area (Å²) in [4.78, 5) is 0. The van der Waals surface area contributed by atoms with Crippen molar-refractivity contribution in [2.75, 3.05) is 6.54 Å². The van der Waals surface area contributed by atoms with Crippen LogP contribution in [0.2, 0.25) is 0 Å². The third kappa shape index (κ3) is 6.43. The maximum absolute atomic E-state index is 9.16. The highest BCUT2D eigenvalue weighted by atomic mass is 16.5. The van der Waals surface area contributed by atoms with Crippen LogP contribution in [0.3, 0.4) is 0 Å². The molecule has 1 atom stereocenters. The molecule has 3 aromatic rings. The first-order valence-electron chi connectivity index (χ1n) is 11.4. The second kappa shape index (κ2) is 11.7. The molecule has 3 nitrogen and oxygen atoms in total. The number of benzene rings is 3. The lowest BCUT2D eigenvalue weighted by Crippen LogP contribution is -2.22. The van der Waals surface area contributed by atoms with Gasteiger partial charge in [-0.3, -0.25) is 0 Å². The first-order chi connectivity index (χ1) is 15.2. The van der Waals surface area contributed by atoms with Gasteiger partial charge >= 0.3 is 0 Å². The van der Waals surface area contributed by atoms with Crippen molar-refractivity contribution in [2.24, 2.45) is 11.7 Å². The highest BCUT2D eigenvalue weighted by Gasteiger charge is 2.17. The molecule has 0 heterocycles. The standard InChI is InChI=1S/C25H27NO2.C3H8/c26-15-20-5-10-24-14-25(12-11-23(24)13-20)28-17-19-3-8-22(9-4-19)21-6-1-18(16-27)2-7-21;1-3-2/h1-4,6-9,11-12,14,20,27H,5,10,13,15-17,26H2;3H2,1-2H3. The average molecular weight is 418 g/mol. The van der Waals surface area contributed by atoms with E-state index >= 15 is 0 Å². The Morgan fingerprint density at radius 3 is 2.06 bits per heavy atom. The van der Waals surface area contributed by atoms with Gasteiger partial charge in [-0.2, -0.15) is 0 Å². The van der Waals surface area contributed by atoms with Crippen LogP contribution in [0.5, 0.6) is 5.75 Å². The van der Waals surface area contributed by atoms with E-state index in [2.05, 4.69) is 56.3 Å². The average Bonchev–Trinajstić information content (AvgIpc) is 2.83. The smallest absolute Gasteiger partial charge is 0.120 e. The number of ether oxygens (including phenoxy) is 1. The Labute approximate surface area is 186 Å². The van der Waals surface area contributed by atoms with E-state index in [1.807, 2.05) is 24.3 Å². The molecular formula is C28H35NO2. The molecule has 164 valence electrons. The Bertz CT molecular complexity index is 932. The highest BCUT2D eigenvalue weighted by Crippen LogP contribution is 2.28. The quantitative estimate of drug-likeness (QED) is 0.525. The fourth-order valence-electron chi connectivity index (χ4n) is 3.86. The summed E-state index contributed by atoms with van der Waals surface area (Å²) in [6.07, 6.45) is 4.61. The minimum Gasteiger partial charge on any atom is -0.489 e. The molecular weight excluding hydrogens is 382 g/mol. The normalized spacial score (nSPS) is 14.9. The van der Waals surface area contributed by atoms with Crippen LogP contribution in [-0.4, -0.2) is 11.7 Å². The van der Waals surface area contributed by atoms with Gasteiger partial charge in [-0.1, -0.05) is 74.9 Å². The SMILES string of the molecule is CCC.NCC1CCc2cc(OCc3ccc(-c4ccc(CO)cc4)cc3)ccc2C1. The summed E-state index contributed by atoms with van der Waals surface area (Å²) < 4.78 is 6.03. The molecule has 0 aromatic heterocycles. The summed E-state index contributed by atoms with van der Waals surface area (Å²) in [6.45, 7) is 5.67. The maximum Gasteiger partial charge on any atom is 0.120 e. The van der Waals surface area contributed by atoms with Crippen molar-refractivity contribution in [1.29, 1.82) is 0 Å². The van der Waals surface area contributed by atoms with Crippen molar-refractivity contribution < 1.29 is 9.84 Å². The molecule has 31 heavy (non-hydrogen) atoms. The largest absolute Gasteiger partial charge is 0.489 e. The number of nitrogens with two attached hydrogens (primary N) is 1. The van der Waals surface area contributed by atoms with Crippen LogP contribution in [0.1, 0.15) is 48.9 Å². The fraction of sp³-hybridized carbons (Fsp3) is 0.357. The van der Waals surface area contributed by atoms with Crippen LogP contribution in [0.15, 0.2) is 66.7 Å². The molecule has 0 saturated carbocycles. The lowest BCUT2D eigenvalue weighted by atomic mass is 9.84. The zero-order chi connectivity index (χ0) is 22.1. The molecule has 0 amide bonds. The third-order valence-electron chi connectivity index (χ3n) is 5.67. The lowest BCUT2D eigenvalue weighted by Gasteiger charge is -2.23. The molecule has 1 aliphatic rings. The first-order valence-corrected chi connectivity index (χ1v) is 11.4. The van der Waals surface area contributed by atoms with Crippen molar-refractivity contribution in [3.8, 4) is 16.9 Å². The van der Waals surface area contributed by atoms with Crippen LogP contribution in [-0.2, 0) is 26.1 Å². The summed E-state index contributed by atoms with van der Waals surface area (Å²) in [5.41, 5.74) is 13.0. The second-order valence-electron chi connectivity index (χ2n) is 8.32. The van der Waals surface area contributed by atoms with E-state index < -0.39 is 0 Å². The Balaban J connectivity index is 0.000000858. The van der Waals surface area contributed by atoms with Gasteiger partial charge in [0.1, 0.15) is 12.4 Å². The van der Waals surface area contributed by atoms with Gasteiger partial charge in [0.2, 0.25) is 0 Å². The van der Waals surface area contributed by atoms with Crippen LogP contribution in [0.4, 0.5) is 0 Å². The molecule has 4 rings (SSSR count). The van der Waals surface area contributed by atoms with Gasteiger partial charge in [0.15, 0.2) is 0 Å². The molecule has 3 aromatic carbocycles. The number of aryl methyl sites for hydroxylation is 1. The third-order valence-corrected chi connectivity index (χ3v) is 5.67. The van der Waals surface area contributed by atoms with E-state index in [-0.39, 0.29) is 6.61 Å². The Morgan fingerprint density at radius 2 is 1.48 bits per heavy atom. The van der Waals surface area contributed by atoms with Gasteiger partial charge in [-0.05, 0) is 77.2 Å². The van der Waals surface area contributed by atoms with E-state index in [1.165, 1.54) is 24.0 Å². The number of aliphatic hydroxyl groups excluding tert-OH is 1. The summed E-state index contributed by atoms with van der Waals surface area (Å²) in [5.74, 6) is 1.56. The molecule has 0 bridgehead atoms. The summed E-state index contributed by atoms with van der Waals surface area (Å²) >= 11 is 0. The molecule has 1 aliphatic carbocycles. The van der Waals surface area contributed by atoms with E-state index in [0.29, 0.717) is 12.5 Å². The molecule has 0 radical (unpaired) electrons. The number of hydrogen-bond donors (Lipinski definition) is 2. The summed E-state index contributed by atoms with van der Waals surface area (Å²) in [6, 6.07) is 22.9. The van der Waals surface area contributed by atoms with Crippen LogP contribution in [0.25, 0.3) is 11.1 Å². The lowest BCUT2D eigenvalue weighted by molar-refractivity contribution is 0.282. The van der Waals surface area contributed by atoms with Gasteiger partial charge in [0, 0.05) is 0 Å². The van der Waals surface area contributed by atoms with Crippen LogP contribution >= 0.6 is 0 Å². The molecule has 3 N–H and O–H groups in total. The van der Waals surface area contributed by atoms with Gasteiger partial charge < -0.3 is 15.6 Å². The highest BCUT2D eigenvalue weighted by molar-refractivity contribution is 5.63. The number of fused-ring (bicyclic) bond motifs is 1. The van der Waals surface area contributed by atoms with Crippen molar-refractivity contribution in [1.82, 2.24) is 0 Å². The zero-order valence-electron chi connectivity index (χ0n) is 18.8. The maximum atomic E-state index is 9.16. The Hall–Kier alpha value is -2.62. The van der Waals surface area contributed by atoms with E-state index in [0.717, 1.165) is 47.4 Å². The topological polar surface area (TPSA) is 55.5 Å². The van der Waals surface area contributed by atoms with Gasteiger partial charge in [-0.15, -0.1) is 0 Å². The monoisotopic (exact) mass is 417 g/mol. The van der Waals surface area contributed by atoms with Crippen LogP contribution < -0.4 is 10.5 Å². The minimum absolute atomic E-state index is 0.0762. The van der Waals surface area contributed by atoms with Gasteiger partial charge in [-0.25, -0.2) is 0 Å². The Morgan fingerprint density at radius 1 is 0.871 bits per heavy atom. The van der Waals surface area contributed by atoms with E-state index in [9.17, 15) is 0 Å². The second-order valence-corrected chi connectivity index (χ2v) is 8.32. The van der Waals surface area contributed by atoms with Crippen molar-refractivity contribution in [3.05, 3.63) is 89.0 Å². The number of aliphatic hydroxyl groups is 1. The fourth-order valence-corrected chi connectivity index (χ4v) is 3.86. The first kappa shape index (κ1) is 23.1. The molecule has 0 saturated heterocycles. The van der Waals surface area contributed by atoms with E-state index in [1.54, 1.807) is 0 Å². The summed E-state index contributed by atoms with van der Waals surface area (Å²) in [5, 5.41) is 9.16. The predicted molar refractivity (Wildman–Crippen MR) is 129 cm³/mol. The minimum atomic E-state index is 0.0762. The summed E-state index contributed by atoms with van der Waals surface area (Å²) in [7, 11) is 0. The molecule has 0 fully saturated rings. The van der Waals surface area contributed by atoms with E-state index in [4.69, 9.17) is 15.6 Å². The zero-order valence-corrected chi connectivity index (χ0v) is 18.8. The van der Waals surface area contributed by atoms with Crippen molar-refractivity contribution >= 4 is 0 Å². The Kier molecular flexibility index (Phi) is 8.69. The predicted octanol–water partition coefficient (Wildman–Crippen LogP) is 5.90. The van der Waals surface area contributed by atoms with Crippen molar-refractivity contribution in [3.63, 3.8) is 0 Å². The van der Waals surface area contributed by atoms with Gasteiger partial charge in [0.05, 0.1) is 6.61 Å². The van der Waals surface area contributed by atoms with Crippen molar-refractivity contribution in [2.45, 2.75) is 52.7 Å². The van der Waals surface area contributed by atoms with Gasteiger partial charge in [0.25, 0.3) is 0 Å².